The molecule has 1 rings (SSSR count). The third-order valence-electron chi connectivity index (χ3n) is 3.48. The molecule has 3 heteroatoms. The Kier molecular flexibility index (Phi) is 4.74. The summed E-state index contributed by atoms with van der Waals surface area (Å²) in [6.07, 6.45) is 6.30. The van der Waals surface area contributed by atoms with Gasteiger partial charge in [-0.3, -0.25) is 4.79 Å². The van der Waals surface area contributed by atoms with Gasteiger partial charge in [-0.15, -0.1) is 0 Å². The highest BCUT2D eigenvalue weighted by Crippen LogP contribution is 2.35. The van der Waals surface area contributed by atoms with Crippen LogP contribution in [0.25, 0.3) is 0 Å². The van der Waals surface area contributed by atoms with E-state index in [9.17, 15) is 4.79 Å². The van der Waals surface area contributed by atoms with Crippen molar-refractivity contribution < 1.29 is 14.3 Å². The van der Waals surface area contributed by atoms with Crippen molar-refractivity contribution in [2.45, 2.75) is 51.2 Å². The Bertz CT molecular complexity index is 209. The van der Waals surface area contributed by atoms with Crippen LogP contribution in [-0.2, 0) is 14.3 Å². The van der Waals surface area contributed by atoms with Gasteiger partial charge < -0.3 is 9.47 Å². The first-order valence-corrected chi connectivity index (χ1v) is 5.77. The standard InChI is InChI=1S/C12H22O3/c1-10(13)11-8-6-4-5-7-9-12(11,14-2)15-3/h11H,4-9H2,1-3H3. The average molecular weight is 214 g/mol. The first-order chi connectivity index (χ1) is 7.16. The van der Waals surface area contributed by atoms with Gasteiger partial charge in [-0.2, -0.15) is 0 Å². The summed E-state index contributed by atoms with van der Waals surface area (Å²) in [6, 6.07) is 0. The van der Waals surface area contributed by atoms with Crippen LogP contribution in [-0.4, -0.2) is 25.8 Å². The fraction of sp³-hybridized carbons (Fsp3) is 0.917. The summed E-state index contributed by atoms with van der Waals surface area (Å²) in [5, 5.41) is 0. The van der Waals surface area contributed by atoms with E-state index in [-0.39, 0.29) is 11.7 Å². The molecule has 0 N–H and O–H groups in total. The third kappa shape index (κ3) is 2.79. The molecule has 0 saturated heterocycles. The number of rotatable bonds is 3. The highest BCUT2D eigenvalue weighted by Gasteiger charge is 2.41. The average Bonchev–Trinajstić information content (AvgIpc) is 2.18. The molecule has 88 valence electrons. The van der Waals surface area contributed by atoms with Crippen LogP contribution in [0.3, 0.4) is 0 Å². The molecule has 0 heterocycles. The van der Waals surface area contributed by atoms with Gasteiger partial charge in [-0.05, 0) is 19.8 Å². The lowest BCUT2D eigenvalue weighted by atomic mass is 9.83. The molecule has 0 aromatic carbocycles. The molecule has 15 heavy (non-hydrogen) atoms. The van der Waals surface area contributed by atoms with Crippen molar-refractivity contribution in [1.29, 1.82) is 0 Å². The SMILES string of the molecule is COC1(OC)CCCCCCC1C(C)=O. The smallest absolute Gasteiger partial charge is 0.177 e. The number of Topliss-reactive ketones (excluding diaryl/α,β-unsaturated/α-hetero) is 1. The number of hydrogen-bond acceptors (Lipinski definition) is 3. The Morgan fingerprint density at radius 2 is 1.73 bits per heavy atom. The maximum Gasteiger partial charge on any atom is 0.177 e. The van der Waals surface area contributed by atoms with Crippen molar-refractivity contribution in [2.75, 3.05) is 14.2 Å². The molecule has 0 aromatic heterocycles. The van der Waals surface area contributed by atoms with Crippen LogP contribution in [0.1, 0.15) is 45.4 Å². The molecule has 1 fully saturated rings. The van der Waals surface area contributed by atoms with Crippen LogP contribution in [0.15, 0.2) is 0 Å². The highest BCUT2D eigenvalue weighted by atomic mass is 16.7. The normalized spacial score (nSPS) is 26.7. The maximum atomic E-state index is 11.6. The zero-order valence-corrected chi connectivity index (χ0v) is 10.0. The Morgan fingerprint density at radius 1 is 1.13 bits per heavy atom. The minimum Gasteiger partial charge on any atom is -0.352 e. The summed E-state index contributed by atoms with van der Waals surface area (Å²) in [6.45, 7) is 1.64. The zero-order valence-electron chi connectivity index (χ0n) is 10.0. The second-order valence-corrected chi connectivity index (χ2v) is 4.34. The van der Waals surface area contributed by atoms with E-state index in [1.54, 1.807) is 21.1 Å². The molecular weight excluding hydrogens is 192 g/mol. The topological polar surface area (TPSA) is 35.5 Å². The number of carbonyl (C=O) groups excluding carboxylic acids is 1. The van der Waals surface area contributed by atoms with Crippen LogP contribution in [0.2, 0.25) is 0 Å². The molecule has 0 bridgehead atoms. The molecule has 0 amide bonds. The van der Waals surface area contributed by atoms with E-state index in [1.165, 1.54) is 12.8 Å². The second kappa shape index (κ2) is 5.61. The first kappa shape index (κ1) is 12.7. The Balaban J connectivity index is 2.85. The first-order valence-electron chi connectivity index (χ1n) is 5.77. The fourth-order valence-corrected chi connectivity index (χ4v) is 2.55. The van der Waals surface area contributed by atoms with Crippen LogP contribution in [0.4, 0.5) is 0 Å². The molecule has 0 spiro atoms. The Hall–Kier alpha value is -0.410. The Morgan fingerprint density at radius 3 is 2.27 bits per heavy atom. The van der Waals surface area contributed by atoms with Crippen LogP contribution in [0.5, 0.6) is 0 Å². The summed E-state index contributed by atoms with van der Waals surface area (Å²) < 4.78 is 11.0. The van der Waals surface area contributed by atoms with Gasteiger partial charge in [0.25, 0.3) is 0 Å². The molecule has 1 saturated carbocycles. The Labute approximate surface area is 92.1 Å². The predicted molar refractivity (Wildman–Crippen MR) is 58.6 cm³/mol. The third-order valence-corrected chi connectivity index (χ3v) is 3.48. The summed E-state index contributed by atoms with van der Waals surface area (Å²) >= 11 is 0. The van der Waals surface area contributed by atoms with Crippen LogP contribution < -0.4 is 0 Å². The largest absolute Gasteiger partial charge is 0.352 e. The van der Waals surface area contributed by atoms with Crippen molar-refractivity contribution in [2.24, 2.45) is 5.92 Å². The summed E-state index contributed by atoms with van der Waals surface area (Å²) in [5.41, 5.74) is 0. The molecule has 0 radical (unpaired) electrons. The summed E-state index contributed by atoms with van der Waals surface area (Å²) in [7, 11) is 3.28. The predicted octanol–water partition coefficient (Wildman–Crippen LogP) is 2.53. The van der Waals surface area contributed by atoms with Gasteiger partial charge >= 0.3 is 0 Å². The van der Waals surface area contributed by atoms with E-state index in [2.05, 4.69) is 0 Å². The van der Waals surface area contributed by atoms with Gasteiger partial charge in [0, 0.05) is 20.6 Å². The molecule has 1 atom stereocenters. The van der Waals surface area contributed by atoms with E-state index in [1.807, 2.05) is 0 Å². The van der Waals surface area contributed by atoms with Crippen LogP contribution >= 0.6 is 0 Å². The number of carbonyl (C=O) groups is 1. The van der Waals surface area contributed by atoms with Gasteiger partial charge in [0.1, 0.15) is 5.78 Å². The van der Waals surface area contributed by atoms with Crippen molar-refractivity contribution in [3.05, 3.63) is 0 Å². The second-order valence-electron chi connectivity index (χ2n) is 4.34. The molecule has 1 aliphatic rings. The monoisotopic (exact) mass is 214 g/mol. The molecular formula is C12H22O3. The number of ether oxygens (including phenoxy) is 2. The number of methoxy groups -OCH3 is 2. The van der Waals surface area contributed by atoms with Crippen molar-refractivity contribution >= 4 is 5.78 Å². The van der Waals surface area contributed by atoms with Crippen molar-refractivity contribution in [3.8, 4) is 0 Å². The lowest BCUT2D eigenvalue weighted by molar-refractivity contribution is -0.243. The molecule has 1 unspecified atom stereocenters. The minimum atomic E-state index is -0.674. The van der Waals surface area contributed by atoms with E-state index in [0.717, 1.165) is 25.7 Å². The fourth-order valence-electron chi connectivity index (χ4n) is 2.55. The highest BCUT2D eigenvalue weighted by molar-refractivity contribution is 5.79. The minimum absolute atomic E-state index is 0.104. The quantitative estimate of drug-likeness (QED) is 0.677. The van der Waals surface area contributed by atoms with Gasteiger partial charge in [-0.25, -0.2) is 0 Å². The van der Waals surface area contributed by atoms with Gasteiger partial charge in [-0.1, -0.05) is 19.3 Å². The lowest BCUT2D eigenvalue weighted by Crippen LogP contribution is -2.45. The van der Waals surface area contributed by atoms with E-state index in [0.29, 0.717) is 0 Å². The molecule has 3 nitrogen and oxygen atoms in total. The van der Waals surface area contributed by atoms with Gasteiger partial charge in [0.15, 0.2) is 5.79 Å². The maximum absolute atomic E-state index is 11.6. The van der Waals surface area contributed by atoms with E-state index in [4.69, 9.17) is 9.47 Å². The summed E-state index contributed by atoms with van der Waals surface area (Å²) in [5.74, 6) is -0.597. The van der Waals surface area contributed by atoms with Crippen molar-refractivity contribution in [1.82, 2.24) is 0 Å². The van der Waals surface area contributed by atoms with Crippen LogP contribution in [0, 0.1) is 5.92 Å². The van der Waals surface area contributed by atoms with Gasteiger partial charge in [0.05, 0.1) is 5.92 Å². The zero-order chi connectivity index (χ0) is 11.3. The van der Waals surface area contributed by atoms with Crippen molar-refractivity contribution in [3.63, 3.8) is 0 Å². The molecule has 1 aliphatic carbocycles. The van der Waals surface area contributed by atoms with Gasteiger partial charge in [0.2, 0.25) is 0 Å². The molecule has 0 aromatic rings. The molecule has 0 aliphatic heterocycles. The number of ketones is 1. The lowest BCUT2D eigenvalue weighted by Gasteiger charge is -2.38. The number of hydrogen-bond donors (Lipinski definition) is 0. The van der Waals surface area contributed by atoms with E-state index >= 15 is 0 Å². The summed E-state index contributed by atoms with van der Waals surface area (Å²) in [4.78, 5) is 11.6. The van der Waals surface area contributed by atoms with E-state index < -0.39 is 5.79 Å².